The second kappa shape index (κ2) is 9.13. The van der Waals surface area contributed by atoms with Gasteiger partial charge in [0.25, 0.3) is 0 Å². The number of hydrogen-bond donors (Lipinski definition) is 1. The highest BCUT2D eigenvalue weighted by Crippen LogP contribution is 2.69. The minimum atomic E-state index is -0.343. The fourth-order valence-corrected chi connectivity index (χ4v) is 9.77. The second-order valence-corrected chi connectivity index (χ2v) is 12.7. The first-order chi connectivity index (χ1) is 15.4. The van der Waals surface area contributed by atoms with Crippen LogP contribution in [-0.2, 0) is 14.2 Å². The van der Waals surface area contributed by atoms with E-state index in [1.165, 1.54) is 51.4 Å². The third-order valence-electron chi connectivity index (χ3n) is 11.4. The van der Waals surface area contributed by atoms with E-state index in [9.17, 15) is 5.11 Å². The summed E-state index contributed by atoms with van der Waals surface area (Å²) < 4.78 is 18.2. The van der Waals surface area contributed by atoms with Gasteiger partial charge in [0.15, 0.2) is 5.79 Å². The minimum Gasteiger partial charge on any atom is -0.396 e. The third-order valence-corrected chi connectivity index (χ3v) is 11.4. The maximum atomic E-state index is 9.34. The van der Waals surface area contributed by atoms with Crippen LogP contribution in [0.3, 0.4) is 0 Å². The molecule has 5 fully saturated rings. The average molecular weight is 449 g/mol. The van der Waals surface area contributed by atoms with Crippen LogP contribution in [0.5, 0.6) is 0 Å². The molecule has 0 amide bonds. The van der Waals surface area contributed by atoms with Crippen LogP contribution in [0.4, 0.5) is 0 Å². The zero-order valence-electron chi connectivity index (χ0n) is 20.9. The van der Waals surface area contributed by atoms with Gasteiger partial charge in [-0.05, 0) is 104 Å². The molecule has 0 bridgehead atoms. The van der Waals surface area contributed by atoms with Crippen LogP contribution in [-0.4, -0.2) is 43.9 Å². The van der Waals surface area contributed by atoms with Gasteiger partial charge in [-0.15, -0.1) is 0 Å². The van der Waals surface area contributed by atoms with Crippen molar-refractivity contribution in [3.8, 4) is 0 Å². The Morgan fingerprint density at radius 3 is 2.34 bits per heavy atom. The van der Waals surface area contributed by atoms with Crippen molar-refractivity contribution in [2.24, 2.45) is 46.3 Å². The van der Waals surface area contributed by atoms with Crippen molar-refractivity contribution < 1.29 is 19.3 Å². The lowest BCUT2D eigenvalue weighted by Crippen LogP contribution is -2.57. The van der Waals surface area contributed by atoms with Crippen LogP contribution < -0.4 is 0 Å². The molecule has 0 aromatic carbocycles. The van der Waals surface area contributed by atoms with Crippen molar-refractivity contribution in [2.75, 3.05) is 33.0 Å². The van der Waals surface area contributed by atoms with Crippen LogP contribution >= 0.6 is 0 Å². The topological polar surface area (TPSA) is 47.9 Å². The van der Waals surface area contributed by atoms with E-state index in [2.05, 4.69) is 20.8 Å². The van der Waals surface area contributed by atoms with Crippen molar-refractivity contribution in [3.63, 3.8) is 0 Å². The lowest BCUT2D eigenvalue weighted by atomic mass is 9.44. The van der Waals surface area contributed by atoms with E-state index in [0.29, 0.717) is 43.9 Å². The molecule has 5 rings (SSSR count). The molecular formula is C28H48O4. The smallest absolute Gasteiger partial charge is 0.168 e. The van der Waals surface area contributed by atoms with Crippen molar-refractivity contribution in [3.05, 3.63) is 0 Å². The van der Waals surface area contributed by atoms with Gasteiger partial charge in [0, 0.05) is 19.4 Å². The number of fused-ring (bicyclic) bond motifs is 5. The van der Waals surface area contributed by atoms with Gasteiger partial charge in [0.1, 0.15) is 0 Å². The molecule has 1 saturated heterocycles. The highest BCUT2D eigenvalue weighted by atomic mass is 16.7. The largest absolute Gasteiger partial charge is 0.396 e. The SMILES string of the molecule is C[C@H](CCCO)[C@H]1CC[C@H]2[C@@H]3CCC4CC5(CC[C@]4(C)[C@H]3CC[C@]12C)OCCOCCO5. The van der Waals surface area contributed by atoms with Crippen molar-refractivity contribution >= 4 is 0 Å². The Kier molecular flexibility index (Phi) is 6.73. The minimum absolute atomic E-state index is 0.343. The van der Waals surface area contributed by atoms with E-state index < -0.39 is 0 Å². The average Bonchev–Trinajstić information content (AvgIpc) is 3.12. The van der Waals surface area contributed by atoms with E-state index in [4.69, 9.17) is 14.2 Å². The van der Waals surface area contributed by atoms with Gasteiger partial charge >= 0.3 is 0 Å². The molecular weight excluding hydrogens is 400 g/mol. The summed E-state index contributed by atoms with van der Waals surface area (Å²) in [6.07, 6.45) is 14.1. The standard InChI is InChI=1S/C28H48O4/c1-20(5-4-14-29)23-8-9-24-22-7-6-21-19-28(31-17-15-30-16-18-32-28)13-12-26(21,2)25(22)10-11-27(23,24)3/h20-25,29H,4-19H2,1-3H3/t20-,21?,22+,23-,24+,25+,26+,27-/m1/s1. The first-order valence-electron chi connectivity index (χ1n) is 13.9. The summed E-state index contributed by atoms with van der Waals surface area (Å²) in [4.78, 5) is 0. The Bertz CT molecular complexity index is 643. The Morgan fingerprint density at radius 2 is 1.59 bits per heavy atom. The summed E-state index contributed by atoms with van der Waals surface area (Å²) >= 11 is 0. The van der Waals surface area contributed by atoms with Gasteiger partial charge in [0.2, 0.25) is 0 Å². The molecule has 32 heavy (non-hydrogen) atoms. The zero-order chi connectivity index (χ0) is 22.4. The van der Waals surface area contributed by atoms with Crippen LogP contribution in [0.1, 0.15) is 91.4 Å². The first-order valence-corrected chi connectivity index (χ1v) is 13.9. The highest BCUT2D eigenvalue weighted by Gasteiger charge is 2.62. The lowest BCUT2D eigenvalue weighted by molar-refractivity contribution is -0.298. The normalized spacial score (nSPS) is 47.1. The number of hydrogen-bond acceptors (Lipinski definition) is 4. The summed E-state index contributed by atoms with van der Waals surface area (Å²) in [5.41, 5.74) is 0.989. The fraction of sp³-hybridized carbons (Fsp3) is 1.00. The molecule has 184 valence electrons. The maximum Gasteiger partial charge on any atom is 0.168 e. The van der Waals surface area contributed by atoms with E-state index in [0.717, 1.165) is 54.8 Å². The van der Waals surface area contributed by atoms with Gasteiger partial charge in [-0.1, -0.05) is 20.8 Å². The molecule has 0 radical (unpaired) electrons. The maximum absolute atomic E-state index is 9.34. The summed E-state index contributed by atoms with van der Waals surface area (Å²) in [5.74, 6) is 4.74. The molecule has 5 aliphatic rings. The van der Waals surface area contributed by atoms with Gasteiger partial charge in [-0.25, -0.2) is 0 Å². The quantitative estimate of drug-likeness (QED) is 0.589. The van der Waals surface area contributed by atoms with E-state index in [1.54, 1.807) is 0 Å². The van der Waals surface area contributed by atoms with Crippen molar-refractivity contribution in [1.82, 2.24) is 0 Å². The van der Waals surface area contributed by atoms with Crippen LogP contribution in [0, 0.1) is 46.3 Å². The second-order valence-electron chi connectivity index (χ2n) is 12.7. The van der Waals surface area contributed by atoms with E-state index in [1.807, 2.05) is 0 Å². The molecule has 4 aliphatic carbocycles. The monoisotopic (exact) mass is 448 g/mol. The number of aliphatic hydroxyl groups is 1. The van der Waals surface area contributed by atoms with Gasteiger partial charge in [-0.3, -0.25) is 0 Å². The van der Waals surface area contributed by atoms with Gasteiger partial charge in [0.05, 0.1) is 26.4 Å². The lowest BCUT2D eigenvalue weighted by Gasteiger charge is -2.62. The Hall–Kier alpha value is -0.160. The first kappa shape index (κ1) is 23.6. The third kappa shape index (κ3) is 3.89. The van der Waals surface area contributed by atoms with Crippen LogP contribution in [0.2, 0.25) is 0 Å². The van der Waals surface area contributed by atoms with Gasteiger partial charge < -0.3 is 19.3 Å². The predicted molar refractivity (Wildman–Crippen MR) is 126 cm³/mol. The molecule has 1 unspecified atom stereocenters. The number of ether oxygens (including phenoxy) is 3. The zero-order valence-corrected chi connectivity index (χ0v) is 20.9. The Balaban J connectivity index is 1.30. The summed E-state index contributed by atoms with van der Waals surface area (Å²) in [6, 6.07) is 0. The number of aliphatic hydroxyl groups excluding tert-OH is 1. The van der Waals surface area contributed by atoms with Crippen molar-refractivity contribution in [2.45, 2.75) is 97.2 Å². The molecule has 4 heteroatoms. The predicted octanol–water partition coefficient (Wildman–Crippen LogP) is 5.81. The molecule has 0 aromatic heterocycles. The number of rotatable bonds is 4. The molecule has 4 nitrogen and oxygen atoms in total. The molecule has 4 saturated carbocycles. The molecule has 1 aliphatic heterocycles. The van der Waals surface area contributed by atoms with E-state index in [-0.39, 0.29) is 5.79 Å². The van der Waals surface area contributed by atoms with Crippen molar-refractivity contribution in [1.29, 1.82) is 0 Å². The van der Waals surface area contributed by atoms with Crippen LogP contribution in [0.15, 0.2) is 0 Å². The molecule has 8 atom stereocenters. The Labute approximate surface area is 196 Å². The van der Waals surface area contributed by atoms with Gasteiger partial charge in [-0.2, -0.15) is 0 Å². The molecule has 1 N–H and O–H groups in total. The highest BCUT2D eigenvalue weighted by molar-refractivity contribution is 5.10. The Morgan fingerprint density at radius 1 is 0.844 bits per heavy atom. The molecule has 1 heterocycles. The van der Waals surface area contributed by atoms with E-state index >= 15 is 0 Å². The fourth-order valence-electron chi connectivity index (χ4n) is 9.77. The molecule has 0 aromatic rings. The summed E-state index contributed by atoms with van der Waals surface area (Å²) in [7, 11) is 0. The molecule has 1 spiro atoms. The van der Waals surface area contributed by atoms with Crippen LogP contribution in [0.25, 0.3) is 0 Å². The summed E-state index contributed by atoms with van der Waals surface area (Å²) in [6.45, 7) is 10.9. The summed E-state index contributed by atoms with van der Waals surface area (Å²) in [5, 5.41) is 9.34.